The first-order valence-corrected chi connectivity index (χ1v) is 10.4. The first kappa shape index (κ1) is 22.2. The number of carboxylic acid groups (broad SMARTS) is 1. The highest BCUT2D eigenvalue weighted by Gasteiger charge is 2.33. The van der Waals surface area contributed by atoms with E-state index in [-0.39, 0.29) is 11.8 Å². The fraction of sp³-hybridized carbons (Fsp3) is 0.304. The van der Waals surface area contributed by atoms with Crippen LogP contribution in [0.1, 0.15) is 47.8 Å². The van der Waals surface area contributed by atoms with Gasteiger partial charge in [0, 0.05) is 21.7 Å². The van der Waals surface area contributed by atoms with Crippen molar-refractivity contribution in [3.05, 3.63) is 63.3 Å². The van der Waals surface area contributed by atoms with Gasteiger partial charge in [-0.1, -0.05) is 43.5 Å². The SMILES string of the molecule is CCC(C)C(C(=O)O)c1c(C)n(C(=O)c2ccc(Cl)cc2)c2cc(Cl)c(OC)cc12. The number of nitrogens with zero attached hydrogens (tertiary/aromatic N) is 1. The molecule has 0 saturated heterocycles. The zero-order valence-corrected chi connectivity index (χ0v) is 18.7. The zero-order chi connectivity index (χ0) is 22.2. The van der Waals surface area contributed by atoms with E-state index in [1.807, 2.05) is 13.8 Å². The van der Waals surface area contributed by atoms with Gasteiger partial charge in [0.25, 0.3) is 5.91 Å². The molecule has 2 unspecified atom stereocenters. The molecule has 1 aromatic heterocycles. The molecule has 30 heavy (non-hydrogen) atoms. The van der Waals surface area contributed by atoms with Crippen LogP contribution < -0.4 is 4.74 Å². The van der Waals surface area contributed by atoms with Crippen molar-refractivity contribution in [2.75, 3.05) is 7.11 Å². The predicted octanol–water partition coefficient (Wildman–Crippen LogP) is 6.17. The molecule has 2 atom stereocenters. The number of carbonyl (C=O) groups is 2. The Balaban J connectivity index is 2.36. The number of rotatable bonds is 6. The minimum Gasteiger partial charge on any atom is -0.495 e. The molecule has 5 nitrogen and oxygen atoms in total. The van der Waals surface area contributed by atoms with E-state index in [0.29, 0.717) is 49.9 Å². The largest absolute Gasteiger partial charge is 0.495 e. The van der Waals surface area contributed by atoms with Crippen molar-refractivity contribution in [3.63, 3.8) is 0 Å². The maximum Gasteiger partial charge on any atom is 0.311 e. The maximum atomic E-state index is 13.4. The molecule has 1 heterocycles. The van der Waals surface area contributed by atoms with Gasteiger partial charge in [0.05, 0.1) is 23.6 Å². The van der Waals surface area contributed by atoms with E-state index in [0.717, 1.165) is 0 Å². The van der Waals surface area contributed by atoms with Gasteiger partial charge < -0.3 is 9.84 Å². The van der Waals surface area contributed by atoms with Crippen LogP contribution in [0.15, 0.2) is 36.4 Å². The number of hydrogen-bond donors (Lipinski definition) is 1. The Morgan fingerprint density at radius 3 is 2.33 bits per heavy atom. The quantitative estimate of drug-likeness (QED) is 0.490. The summed E-state index contributed by atoms with van der Waals surface area (Å²) in [6.45, 7) is 5.61. The second kappa shape index (κ2) is 8.70. The van der Waals surface area contributed by atoms with Crippen LogP contribution in [0.5, 0.6) is 5.75 Å². The third kappa shape index (κ3) is 3.80. The molecule has 0 aliphatic heterocycles. The van der Waals surface area contributed by atoms with Crippen LogP contribution in [0.3, 0.4) is 0 Å². The summed E-state index contributed by atoms with van der Waals surface area (Å²) in [5, 5.41) is 11.5. The molecule has 0 fully saturated rings. The average Bonchev–Trinajstić information content (AvgIpc) is 2.98. The Kier molecular flexibility index (Phi) is 6.44. The van der Waals surface area contributed by atoms with Gasteiger partial charge >= 0.3 is 5.97 Å². The summed E-state index contributed by atoms with van der Waals surface area (Å²) in [4.78, 5) is 25.6. The summed E-state index contributed by atoms with van der Waals surface area (Å²) in [6, 6.07) is 9.94. The fourth-order valence-electron chi connectivity index (χ4n) is 3.86. The van der Waals surface area contributed by atoms with E-state index < -0.39 is 11.9 Å². The van der Waals surface area contributed by atoms with Crippen LogP contribution in [-0.2, 0) is 4.79 Å². The summed E-state index contributed by atoms with van der Waals surface area (Å²) in [7, 11) is 1.50. The highest BCUT2D eigenvalue weighted by molar-refractivity contribution is 6.33. The fourth-order valence-corrected chi connectivity index (χ4v) is 4.22. The lowest BCUT2D eigenvalue weighted by Crippen LogP contribution is -2.21. The van der Waals surface area contributed by atoms with E-state index in [2.05, 4.69) is 0 Å². The van der Waals surface area contributed by atoms with Gasteiger partial charge in [-0.15, -0.1) is 0 Å². The molecule has 158 valence electrons. The lowest BCUT2D eigenvalue weighted by molar-refractivity contribution is -0.140. The summed E-state index contributed by atoms with van der Waals surface area (Å²) < 4.78 is 6.88. The molecule has 0 spiro atoms. The van der Waals surface area contributed by atoms with Crippen LogP contribution in [0.4, 0.5) is 0 Å². The third-order valence-corrected chi connectivity index (χ3v) is 6.16. The number of methoxy groups -OCH3 is 1. The molecule has 3 rings (SSSR count). The van der Waals surface area contributed by atoms with E-state index in [9.17, 15) is 14.7 Å². The van der Waals surface area contributed by atoms with E-state index in [1.54, 1.807) is 43.3 Å². The number of benzene rings is 2. The standard InChI is InChI=1S/C23H23Cl2NO4/c1-5-12(2)20(23(28)29)21-13(3)26(22(27)14-6-8-15(24)9-7-14)18-11-17(25)19(30-4)10-16(18)21/h6-12,20H,5H2,1-4H3,(H,28,29). The van der Waals surface area contributed by atoms with Gasteiger partial charge in [-0.3, -0.25) is 14.2 Å². The number of hydrogen-bond acceptors (Lipinski definition) is 3. The number of aliphatic carboxylic acids is 1. The highest BCUT2D eigenvalue weighted by Crippen LogP contribution is 2.41. The van der Waals surface area contributed by atoms with E-state index >= 15 is 0 Å². The number of fused-ring (bicyclic) bond motifs is 1. The zero-order valence-electron chi connectivity index (χ0n) is 17.2. The predicted molar refractivity (Wildman–Crippen MR) is 119 cm³/mol. The molecular weight excluding hydrogens is 425 g/mol. The van der Waals surface area contributed by atoms with Crippen molar-refractivity contribution in [3.8, 4) is 5.75 Å². The Bertz CT molecular complexity index is 1120. The number of carbonyl (C=O) groups excluding carboxylic acids is 1. The summed E-state index contributed by atoms with van der Waals surface area (Å²) in [6.07, 6.45) is 0.679. The number of ether oxygens (including phenoxy) is 1. The Morgan fingerprint density at radius 1 is 1.17 bits per heavy atom. The Hall–Kier alpha value is -2.50. The van der Waals surface area contributed by atoms with Crippen molar-refractivity contribution in [1.29, 1.82) is 0 Å². The van der Waals surface area contributed by atoms with Crippen molar-refractivity contribution in [1.82, 2.24) is 4.57 Å². The lowest BCUT2D eigenvalue weighted by Gasteiger charge is -2.20. The summed E-state index contributed by atoms with van der Waals surface area (Å²) in [5.74, 6) is -1.70. The van der Waals surface area contributed by atoms with E-state index in [4.69, 9.17) is 27.9 Å². The second-order valence-corrected chi connectivity index (χ2v) is 8.20. The summed E-state index contributed by atoms with van der Waals surface area (Å²) in [5.41, 5.74) is 2.15. The maximum absolute atomic E-state index is 13.4. The van der Waals surface area contributed by atoms with Crippen LogP contribution in [0.2, 0.25) is 10.0 Å². The summed E-state index contributed by atoms with van der Waals surface area (Å²) >= 11 is 12.3. The normalized spacial score (nSPS) is 13.3. The number of aromatic nitrogens is 1. The molecule has 3 aromatic rings. The smallest absolute Gasteiger partial charge is 0.311 e. The third-order valence-electron chi connectivity index (χ3n) is 5.61. The van der Waals surface area contributed by atoms with Gasteiger partial charge in [-0.25, -0.2) is 0 Å². The molecule has 0 saturated carbocycles. The Morgan fingerprint density at radius 2 is 1.80 bits per heavy atom. The van der Waals surface area contributed by atoms with Crippen LogP contribution in [0.25, 0.3) is 10.9 Å². The first-order chi connectivity index (χ1) is 14.2. The Labute approximate surface area is 185 Å². The monoisotopic (exact) mass is 447 g/mol. The van der Waals surface area contributed by atoms with Crippen molar-refractivity contribution in [2.24, 2.45) is 5.92 Å². The lowest BCUT2D eigenvalue weighted by atomic mass is 9.84. The molecule has 0 bridgehead atoms. The topological polar surface area (TPSA) is 68.5 Å². The van der Waals surface area contributed by atoms with Crippen molar-refractivity contribution >= 4 is 46.0 Å². The molecule has 7 heteroatoms. The van der Waals surface area contributed by atoms with E-state index in [1.165, 1.54) is 11.7 Å². The first-order valence-electron chi connectivity index (χ1n) is 9.62. The number of halogens is 2. The van der Waals surface area contributed by atoms with Crippen molar-refractivity contribution < 1.29 is 19.4 Å². The minimum absolute atomic E-state index is 0.132. The molecule has 0 aliphatic carbocycles. The van der Waals surface area contributed by atoms with Gasteiger partial charge in [0.15, 0.2) is 0 Å². The van der Waals surface area contributed by atoms with Gasteiger partial charge in [-0.2, -0.15) is 0 Å². The van der Waals surface area contributed by atoms with Gasteiger partial charge in [0.2, 0.25) is 0 Å². The average molecular weight is 448 g/mol. The molecule has 0 aliphatic rings. The molecule has 2 aromatic carbocycles. The molecule has 1 N–H and O–H groups in total. The van der Waals surface area contributed by atoms with Crippen molar-refractivity contribution in [2.45, 2.75) is 33.1 Å². The number of carboxylic acids is 1. The van der Waals surface area contributed by atoms with Crippen LogP contribution >= 0.6 is 23.2 Å². The van der Waals surface area contributed by atoms with Crippen LogP contribution in [-0.4, -0.2) is 28.7 Å². The molecule has 0 amide bonds. The van der Waals surface area contributed by atoms with Crippen LogP contribution in [0, 0.1) is 12.8 Å². The van der Waals surface area contributed by atoms with Gasteiger partial charge in [0.1, 0.15) is 5.75 Å². The minimum atomic E-state index is -0.931. The second-order valence-electron chi connectivity index (χ2n) is 7.35. The van der Waals surface area contributed by atoms with Gasteiger partial charge in [-0.05, 0) is 54.8 Å². The highest BCUT2D eigenvalue weighted by atomic mass is 35.5. The molecule has 0 radical (unpaired) electrons. The molecular formula is C23H23Cl2NO4.